The molecule has 112 valence electrons. The van der Waals surface area contributed by atoms with Crippen molar-refractivity contribution in [2.75, 3.05) is 13.1 Å². The van der Waals surface area contributed by atoms with Crippen molar-refractivity contribution in [2.24, 2.45) is 5.73 Å². The molecule has 4 N–H and O–H groups in total. The number of aliphatic hydroxyl groups excluding tert-OH is 1. The molecule has 0 spiro atoms. The van der Waals surface area contributed by atoms with E-state index in [9.17, 15) is 5.11 Å². The molecule has 0 aliphatic heterocycles. The maximum atomic E-state index is 10.1. The molecule has 0 radical (unpaired) electrons. The first-order valence-corrected chi connectivity index (χ1v) is 7.33. The lowest BCUT2D eigenvalue weighted by Crippen LogP contribution is -2.43. The molecule has 21 heavy (non-hydrogen) atoms. The number of benzene rings is 1. The van der Waals surface area contributed by atoms with Gasteiger partial charge in [0.25, 0.3) is 0 Å². The van der Waals surface area contributed by atoms with Gasteiger partial charge in [0.2, 0.25) is 0 Å². The summed E-state index contributed by atoms with van der Waals surface area (Å²) in [5.41, 5.74) is 8.38. The highest BCUT2D eigenvalue weighted by molar-refractivity contribution is 5.16. The quantitative estimate of drug-likeness (QED) is 0.636. The summed E-state index contributed by atoms with van der Waals surface area (Å²) in [6, 6.07) is 13.7. The van der Waals surface area contributed by atoms with Crippen molar-refractivity contribution in [3.8, 4) is 0 Å². The molecule has 0 aliphatic rings. The van der Waals surface area contributed by atoms with Gasteiger partial charge in [-0.15, -0.1) is 0 Å². The first kappa shape index (κ1) is 15.6. The molecule has 4 heteroatoms. The first-order chi connectivity index (χ1) is 10.3. The monoisotopic (exact) mass is 285 g/mol. The van der Waals surface area contributed by atoms with Crippen LogP contribution in [0.25, 0.3) is 0 Å². The van der Waals surface area contributed by atoms with Crippen LogP contribution < -0.4 is 11.1 Å². The van der Waals surface area contributed by atoms with Gasteiger partial charge in [0, 0.05) is 25.0 Å². The van der Waals surface area contributed by atoms with E-state index >= 15 is 0 Å². The molecule has 2 aromatic rings. The minimum atomic E-state index is -0.542. The number of pyridine rings is 1. The molecule has 0 unspecified atom stereocenters. The maximum absolute atomic E-state index is 10.1. The molecule has 0 saturated heterocycles. The van der Waals surface area contributed by atoms with Crippen molar-refractivity contribution in [3.63, 3.8) is 0 Å². The standard InChI is InChI=1S/C17H23N3O/c18-16(11-14-5-2-1-3-6-14)17(21)13-20-10-8-15-7-4-9-19-12-15/h1-7,9,12,16-17,20-21H,8,10-11,13,18H2/t16-,17+/m0/s1. The van der Waals surface area contributed by atoms with Gasteiger partial charge in [-0.25, -0.2) is 0 Å². The van der Waals surface area contributed by atoms with Gasteiger partial charge >= 0.3 is 0 Å². The lowest BCUT2D eigenvalue weighted by molar-refractivity contribution is 0.142. The van der Waals surface area contributed by atoms with E-state index in [1.54, 1.807) is 6.20 Å². The van der Waals surface area contributed by atoms with E-state index in [-0.39, 0.29) is 6.04 Å². The Kier molecular flexibility index (Phi) is 6.34. The Hall–Kier alpha value is -1.75. The normalized spacial score (nSPS) is 13.8. The van der Waals surface area contributed by atoms with E-state index < -0.39 is 6.10 Å². The first-order valence-electron chi connectivity index (χ1n) is 7.33. The average molecular weight is 285 g/mol. The van der Waals surface area contributed by atoms with Crippen LogP contribution in [0, 0.1) is 0 Å². The molecule has 4 nitrogen and oxygen atoms in total. The fourth-order valence-electron chi connectivity index (χ4n) is 2.20. The van der Waals surface area contributed by atoms with Gasteiger partial charge in [-0.05, 0) is 36.6 Å². The maximum Gasteiger partial charge on any atom is 0.0818 e. The third-order valence-electron chi connectivity index (χ3n) is 3.48. The largest absolute Gasteiger partial charge is 0.390 e. The van der Waals surface area contributed by atoms with E-state index in [2.05, 4.69) is 10.3 Å². The van der Waals surface area contributed by atoms with Crippen LogP contribution in [0.15, 0.2) is 54.9 Å². The molecule has 0 aliphatic carbocycles. The third-order valence-corrected chi connectivity index (χ3v) is 3.48. The number of aromatic nitrogens is 1. The van der Waals surface area contributed by atoms with Gasteiger partial charge in [-0.2, -0.15) is 0 Å². The number of hydrogen-bond donors (Lipinski definition) is 3. The van der Waals surface area contributed by atoms with Gasteiger partial charge in [-0.3, -0.25) is 4.98 Å². The molecular formula is C17H23N3O. The molecule has 2 rings (SSSR count). The SMILES string of the molecule is N[C@@H](Cc1ccccc1)[C@H](O)CNCCc1cccnc1. The van der Waals surface area contributed by atoms with Gasteiger partial charge < -0.3 is 16.2 Å². The summed E-state index contributed by atoms with van der Waals surface area (Å²) >= 11 is 0. The molecular weight excluding hydrogens is 262 g/mol. The average Bonchev–Trinajstić information content (AvgIpc) is 2.53. The highest BCUT2D eigenvalue weighted by atomic mass is 16.3. The Bertz CT molecular complexity index is 504. The van der Waals surface area contributed by atoms with E-state index in [0.717, 1.165) is 18.5 Å². The fraction of sp³-hybridized carbons (Fsp3) is 0.353. The van der Waals surface area contributed by atoms with Crippen LogP contribution in [0.5, 0.6) is 0 Å². The van der Waals surface area contributed by atoms with Crippen LogP contribution in [0.1, 0.15) is 11.1 Å². The topological polar surface area (TPSA) is 71.2 Å². The second-order valence-corrected chi connectivity index (χ2v) is 5.24. The third kappa shape index (κ3) is 5.63. The molecule has 1 heterocycles. The highest BCUT2D eigenvalue weighted by Gasteiger charge is 2.14. The van der Waals surface area contributed by atoms with Crippen LogP contribution in [0.2, 0.25) is 0 Å². The number of nitrogens with two attached hydrogens (primary N) is 1. The van der Waals surface area contributed by atoms with Gasteiger partial charge in [0.1, 0.15) is 0 Å². The number of nitrogens with zero attached hydrogens (tertiary/aromatic N) is 1. The second-order valence-electron chi connectivity index (χ2n) is 5.24. The van der Waals surface area contributed by atoms with Crippen LogP contribution >= 0.6 is 0 Å². The number of aliphatic hydroxyl groups is 1. The summed E-state index contributed by atoms with van der Waals surface area (Å²) in [4.78, 5) is 4.08. The lowest BCUT2D eigenvalue weighted by atomic mass is 10.0. The van der Waals surface area contributed by atoms with E-state index in [0.29, 0.717) is 13.0 Å². The van der Waals surface area contributed by atoms with Gasteiger partial charge in [-0.1, -0.05) is 36.4 Å². The Labute approximate surface area is 126 Å². The smallest absolute Gasteiger partial charge is 0.0818 e. The van der Waals surface area contributed by atoms with E-state index in [1.807, 2.05) is 48.7 Å². The predicted octanol–water partition coefficient (Wildman–Crippen LogP) is 1.14. The van der Waals surface area contributed by atoms with Crippen LogP contribution in [0.4, 0.5) is 0 Å². The molecule has 1 aromatic carbocycles. The van der Waals surface area contributed by atoms with Crippen LogP contribution in [-0.2, 0) is 12.8 Å². The summed E-state index contributed by atoms with van der Waals surface area (Å²) in [6.45, 7) is 1.31. The van der Waals surface area contributed by atoms with E-state index in [4.69, 9.17) is 5.73 Å². The summed E-state index contributed by atoms with van der Waals surface area (Å²) in [6.07, 6.45) is 4.67. The summed E-state index contributed by atoms with van der Waals surface area (Å²) in [5, 5.41) is 13.3. The summed E-state index contributed by atoms with van der Waals surface area (Å²) < 4.78 is 0. The minimum absolute atomic E-state index is 0.252. The number of rotatable bonds is 8. The van der Waals surface area contributed by atoms with Gasteiger partial charge in [0.05, 0.1) is 6.10 Å². The molecule has 0 fully saturated rings. The van der Waals surface area contributed by atoms with Crippen molar-refractivity contribution in [2.45, 2.75) is 25.0 Å². The second kappa shape index (κ2) is 8.52. The minimum Gasteiger partial charge on any atom is -0.390 e. The highest BCUT2D eigenvalue weighted by Crippen LogP contribution is 2.04. The molecule has 0 amide bonds. The Morgan fingerprint density at radius 2 is 1.86 bits per heavy atom. The summed E-state index contributed by atoms with van der Waals surface area (Å²) in [7, 11) is 0. The fourth-order valence-corrected chi connectivity index (χ4v) is 2.20. The van der Waals surface area contributed by atoms with Crippen molar-refractivity contribution >= 4 is 0 Å². The van der Waals surface area contributed by atoms with Gasteiger partial charge in [0.15, 0.2) is 0 Å². The lowest BCUT2D eigenvalue weighted by Gasteiger charge is -2.19. The molecule has 1 aromatic heterocycles. The number of hydrogen-bond acceptors (Lipinski definition) is 4. The Morgan fingerprint density at radius 1 is 1.10 bits per heavy atom. The molecule has 0 bridgehead atoms. The zero-order valence-corrected chi connectivity index (χ0v) is 12.2. The van der Waals surface area contributed by atoms with Crippen LogP contribution in [0.3, 0.4) is 0 Å². The zero-order chi connectivity index (χ0) is 14.9. The van der Waals surface area contributed by atoms with Crippen molar-refractivity contribution in [1.29, 1.82) is 0 Å². The van der Waals surface area contributed by atoms with Crippen LogP contribution in [-0.4, -0.2) is 35.3 Å². The predicted molar refractivity (Wildman–Crippen MR) is 84.9 cm³/mol. The number of nitrogens with one attached hydrogen (secondary N) is 1. The Morgan fingerprint density at radius 3 is 2.57 bits per heavy atom. The zero-order valence-electron chi connectivity index (χ0n) is 12.2. The van der Waals surface area contributed by atoms with Crippen molar-refractivity contribution in [1.82, 2.24) is 10.3 Å². The molecule has 2 atom stereocenters. The molecule has 0 saturated carbocycles. The Balaban J connectivity index is 1.66. The van der Waals surface area contributed by atoms with E-state index in [1.165, 1.54) is 5.56 Å². The summed E-state index contributed by atoms with van der Waals surface area (Å²) in [5.74, 6) is 0. The van der Waals surface area contributed by atoms with Crippen molar-refractivity contribution < 1.29 is 5.11 Å². The van der Waals surface area contributed by atoms with Crippen molar-refractivity contribution in [3.05, 3.63) is 66.0 Å².